The van der Waals surface area contributed by atoms with Crippen molar-refractivity contribution in [3.63, 3.8) is 0 Å². The average molecular weight is 260 g/mol. The number of rotatable bonds is 5. The Labute approximate surface area is 106 Å². The van der Waals surface area contributed by atoms with Gasteiger partial charge in [-0.3, -0.25) is 9.59 Å². The summed E-state index contributed by atoms with van der Waals surface area (Å²) < 4.78 is 9.33. The zero-order chi connectivity index (χ0) is 14.2. The number of carbonyl (C=O) groups is 3. The molecule has 18 heavy (non-hydrogen) atoms. The minimum Gasteiger partial charge on any atom is -0.468 e. The molecule has 0 atom stereocenters. The number of nitrogens with one attached hydrogen (secondary N) is 2. The summed E-state index contributed by atoms with van der Waals surface area (Å²) in [7, 11) is 1.23. The standard InChI is InChI=1S/C11H20N2O5/c1-11(2,3)18-10(16)12-6-5-8(14)13-7-9(15)17-4/h5-7H2,1-4H3,(H,12,16)(H,13,14). The number of amides is 2. The molecule has 0 bridgehead atoms. The lowest BCUT2D eigenvalue weighted by atomic mass is 10.2. The molecule has 0 rings (SSSR count). The van der Waals surface area contributed by atoms with Crippen LogP contribution in [0.5, 0.6) is 0 Å². The Bertz CT molecular complexity index is 309. The summed E-state index contributed by atoms with van der Waals surface area (Å²) in [6.45, 7) is 5.20. The van der Waals surface area contributed by atoms with E-state index in [1.165, 1.54) is 7.11 Å². The summed E-state index contributed by atoms with van der Waals surface area (Å²) in [6, 6.07) is 0. The third-order valence-electron chi connectivity index (χ3n) is 1.68. The Hall–Kier alpha value is -1.79. The van der Waals surface area contributed by atoms with Crippen molar-refractivity contribution in [1.82, 2.24) is 10.6 Å². The van der Waals surface area contributed by atoms with E-state index in [9.17, 15) is 14.4 Å². The van der Waals surface area contributed by atoms with Gasteiger partial charge in [-0.25, -0.2) is 4.79 Å². The van der Waals surface area contributed by atoms with E-state index in [2.05, 4.69) is 15.4 Å². The molecule has 0 spiro atoms. The first-order valence-corrected chi connectivity index (χ1v) is 5.55. The van der Waals surface area contributed by atoms with Crippen molar-refractivity contribution in [2.24, 2.45) is 0 Å². The SMILES string of the molecule is COC(=O)CNC(=O)CCNC(=O)OC(C)(C)C. The molecule has 0 fully saturated rings. The normalized spacial score (nSPS) is 10.4. The van der Waals surface area contributed by atoms with Crippen LogP contribution >= 0.6 is 0 Å². The van der Waals surface area contributed by atoms with Gasteiger partial charge >= 0.3 is 12.1 Å². The number of hydrogen-bond donors (Lipinski definition) is 2. The molecule has 0 unspecified atom stereocenters. The van der Waals surface area contributed by atoms with Crippen molar-refractivity contribution in [1.29, 1.82) is 0 Å². The van der Waals surface area contributed by atoms with Crippen molar-refractivity contribution in [3.05, 3.63) is 0 Å². The Balaban J connectivity index is 3.68. The third-order valence-corrected chi connectivity index (χ3v) is 1.68. The fourth-order valence-corrected chi connectivity index (χ4v) is 0.924. The van der Waals surface area contributed by atoms with Gasteiger partial charge in [0.05, 0.1) is 7.11 Å². The molecule has 0 aliphatic carbocycles. The molecule has 7 heteroatoms. The minimum absolute atomic E-state index is 0.0657. The zero-order valence-electron chi connectivity index (χ0n) is 11.2. The molecule has 0 heterocycles. The molecule has 0 saturated carbocycles. The monoisotopic (exact) mass is 260 g/mol. The topological polar surface area (TPSA) is 93.7 Å². The second-order valence-electron chi connectivity index (χ2n) is 4.53. The first-order chi connectivity index (χ1) is 8.24. The van der Waals surface area contributed by atoms with E-state index in [4.69, 9.17) is 4.74 Å². The predicted octanol–water partition coefficient (Wildman–Crippen LogP) is 0.190. The fraction of sp³-hybridized carbons (Fsp3) is 0.727. The zero-order valence-corrected chi connectivity index (χ0v) is 11.2. The van der Waals surface area contributed by atoms with Gasteiger partial charge in [-0.2, -0.15) is 0 Å². The lowest BCUT2D eigenvalue weighted by Crippen LogP contribution is -2.36. The molecular formula is C11H20N2O5. The first-order valence-electron chi connectivity index (χ1n) is 5.55. The average Bonchev–Trinajstić information content (AvgIpc) is 2.23. The molecule has 0 saturated heterocycles. The summed E-state index contributed by atoms with van der Waals surface area (Å²) in [5, 5.41) is 4.78. The number of methoxy groups -OCH3 is 1. The van der Waals surface area contributed by atoms with Gasteiger partial charge in [-0.05, 0) is 20.8 Å². The molecule has 104 valence electrons. The first kappa shape index (κ1) is 16.2. The predicted molar refractivity (Wildman–Crippen MR) is 63.9 cm³/mol. The molecule has 0 aromatic carbocycles. The van der Waals surface area contributed by atoms with Gasteiger partial charge in [0.1, 0.15) is 12.1 Å². The fourth-order valence-electron chi connectivity index (χ4n) is 0.924. The van der Waals surface area contributed by atoms with Crippen LogP contribution in [0.2, 0.25) is 0 Å². The summed E-state index contributed by atoms with van der Waals surface area (Å²) >= 11 is 0. The number of esters is 1. The molecule has 7 nitrogen and oxygen atoms in total. The van der Waals surface area contributed by atoms with Gasteiger partial charge < -0.3 is 20.1 Å². The molecule has 0 radical (unpaired) electrons. The van der Waals surface area contributed by atoms with Gasteiger partial charge in [-0.15, -0.1) is 0 Å². The van der Waals surface area contributed by atoms with Crippen LogP contribution in [0.4, 0.5) is 4.79 Å². The summed E-state index contributed by atoms with van der Waals surface area (Å²) in [4.78, 5) is 33.2. The maximum atomic E-state index is 11.2. The number of alkyl carbamates (subject to hydrolysis) is 1. The largest absolute Gasteiger partial charge is 0.468 e. The summed E-state index contributed by atoms with van der Waals surface area (Å²) in [5.41, 5.74) is -0.572. The number of ether oxygens (including phenoxy) is 2. The van der Waals surface area contributed by atoms with Crippen molar-refractivity contribution in [2.45, 2.75) is 32.8 Å². The molecule has 0 aliphatic heterocycles. The lowest BCUT2D eigenvalue weighted by molar-refractivity contribution is -0.141. The van der Waals surface area contributed by atoms with E-state index < -0.39 is 17.7 Å². The van der Waals surface area contributed by atoms with Gasteiger partial charge in [0, 0.05) is 13.0 Å². The Morgan fingerprint density at radius 2 is 1.72 bits per heavy atom. The van der Waals surface area contributed by atoms with E-state index in [0.717, 1.165) is 0 Å². The maximum Gasteiger partial charge on any atom is 0.407 e. The van der Waals surface area contributed by atoms with Gasteiger partial charge in [-0.1, -0.05) is 0 Å². The van der Waals surface area contributed by atoms with Gasteiger partial charge in [0.15, 0.2) is 0 Å². The Morgan fingerprint density at radius 3 is 2.22 bits per heavy atom. The van der Waals surface area contributed by atoms with Crippen LogP contribution < -0.4 is 10.6 Å². The van der Waals surface area contributed by atoms with Crippen LogP contribution in [0.25, 0.3) is 0 Å². The molecule has 0 aromatic heterocycles. The second kappa shape index (κ2) is 7.52. The highest BCUT2D eigenvalue weighted by atomic mass is 16.6. The third kappa shape index (κ3) is 9.44. The van der Waals surface area contributed by atoms with Crippen LogP contribution in [-0.2, 0) is 19.1 Å². The van der Waals surface area contributed by atoms with Crippen molar-refractivity contribution < 1.29 is 23.9 Å². The van der Waals surface area contributed by atoms with E-state index in [1.807, 2.05) is 0 Å². The van der Waals surface area contributed by atoms with Crippen LogP contribution in [0.15, 0.2) is 0 Å². The molecule has 2 N–H and O–H groups in total. The quantitative estimate of drug-likeness (QED) is 0.688. The molecule has 0 aromatic rings. The van der Waals surface area contributed by atoms with Gasteiger partial charge in [0.2, 0.25) is 5.91 Å². The minimum atomic E-state index is -0.580. The Kier molecular flexibility index (Phi) is 6.77. The van der Waals surface area contributed by atoms with Gasteiger partial charge in [0.25, 0.3) is 0 Å². The summed E-state index contributed by atoms with van der Waals surface area (Å²) in [6.07, 6.45) is -0.515. The van der Waals surface area contributed by atoms with Crippen molar-refractivity contribution in [3.8, 4) is 0 Å². The van der Waals surface area contributed by atoms with Crippen LogP contribution in [0, 0.1) is 0 Å². The molecule has 2 amide bonds. The number of carbonyl (C=O) groups excluding carboxylic acids is 3. The van der Waals surface area contributed by atoms with Crippen LogP contribution in [0.3, 0.4) is 0 Å². The Morgan fingerprint density at radius 1 is 1.11 bits per heavy atom. The van der Waals surface area contributed by atoms with Crippen molar-refractivity contribution >= 4 is 18.0 Å². The van der Waals surface area contributed by atoms with Crippen LogP contribution in [-0.4, -0.2) is 43.8 Å². The highest BCUT2D eigenvalue weighted by Gasteiger charge is 2.15. The van der Waals surface area contributed by atoms with E-state index >= 15 is 0 Å². The van der Waals surface area contributed by atoms with Crippen molar-refractivity contribution in [2.75, 3.05) is 20.2 Å². The second-order valence-corrected chi connectivity index (χ2v) is 4.53. The van der Waals surface area contributed by atoms with E-state index in [0.29, 0.717) is 0 Å². The highest BCUT2D eigenvalue weighted by molar-refractivity contribution is 5.82. The molecule has 0 aliphatic rings. The van der Waals surface area contributed by atoms with E-state index in [1.54, 1.807) is 20.8 Å². The smallest absolute Gasteiger partial charge is 0.407 e. The number of hydrogen-bond acceptors (Lipinski definition) is 5. The molecular weight excluding hydrogens is 240 g/mol. The summed E-state index contributed by atoms with van der Waals surface area (Å²) in [5.74, 6) is -0.875. The maximum absolute atomic E-state index is 11.2. The highest BCUT2D eigenvalue weighted by Crippen LogP contribution is 2.06. The van der Waals surface area contributed by atoms with E-state index in [-0.39, 0.29) is 25.4 Å². The lowest BCUT2D eigenvalue weighted by Gasteiger charge is -2.19. The van der Waals surface area contributed by atoms with Crippen LogP contribution in [0.1, 0.15) is 27.2 Å².